The van der Waals surface area contributed by atoms with E-state index in [0.717, 1.165) is 59.6 Å². The summed E-state index contributed by atoms with van der Waals surface area (Å²) in [5.74, 6) is -0.835. The van der Waals surface area contributed by atoms with Gasteiger partial charge in [-0.3, -0.25) is 19.5 Å². The van der Waals surface area contributed by atoms with Gasteiger partial charge in [-0.1, -0.05) is 30.3 Å². The Morgan fingerprint density at radius 2 is 1.76 bits per heavy atom. The molecule has 0 bridgehead atoms. The van der Waals surface area contributed by atoms with Crippen molar-refractivity contribution in [2.45, 2.75) is 13.0 Å². The topological polar surface area (TPSA) is 102 Å². The summed E-state index contributed by atoms with van der Waals surface area (Å²) in [6, 6.07) is 23.2. The number of morpholine rings is 1. The van der Waals surface area contributed by atoms with Gasteiger partial charge in [-0.25, -0.2) is 4.39 Å². The number of benzene rings is 3. The van der Waals surface area contributed by atoms with Gasteiger partial charge in [0.2, 0.25) is 11.8 Å². The fourth-order valence-electron chi connectivity index (χ4n) is 5.05. The number of nitrogens with zero attached hydrogens (tertiary/aromatic N) is 2. The number of pyridine rings is 1. The molecule has 3 aromatic carbocycles. The number of ether oxygens (including phenoxy) is 3. The number of para-hydroxylation sites is 2. The molecule has 1 aliphatic heterocycles. The maximum absolute atomic E-state index is 15.1. The van der Waals surface area contributed by atoms with E-state index in [2.05, 4.69) is 44.8 Å². The fourth-order valence-corrected chi connectivity index (χ4v) is 6.11. The Hall–Kier alpha value is -4.84. The maximum atomic E-state index is 15.1. The van der Waals surface area contributed by atoms with Crippen LogP contribution < -0.4 is 20.1 Å². The number of hydrogen-bond donors (Lipinski definition) is 2. The molecule has 6 rings (SSSR count). The molecule has 0 unspecified atom stereocenters. The van der Waals surface area contributed by atoms with Gasteiger partial charge in [0, 0.05) is 48.5 Å². The molecule has 45 heavy (non-hydrogen) atoms. The van der Waals surface area contributed by atoms with E-state index in [9.17, 15) is 9.59 Å². The third kappa shape index (κ3) is 7.46. The van der Waals surface area contributed by atoms with Crippen LogP contribution in [0.5, 0.6) is 17.2 Å². The first-order chi connectivity index (χ1) is 21.9. The first-order valence-electron chi connectivity index (χ1n) is 14.4. The van der Waals surface area contributed by atoms with Crippen molar-refractivity contribution in [2.75, 3.05) is 44.0 Å². The van der Waals surface area contributed by atoms with Gasteiger partial charge in [-0.15, -0.1) is 11.3 Å². The zero-order chi connectivity index (χ0) is 31.2. The molecule has 5 aromatic rings. The fraction of sp³-hybridized carbons (Fsp3) is 0.206. The number of carbonyl (C=O) groups is 2. The van der Waals surface area contributed by atoms with Crippen molar-refractivity contribution in [2.24, 2.45) is 0 Å². The highest BCUT2D eigenvalue weighted by molar-refractivity contribution is 7.22. The third-order valence-corrected chi connectivity index (χ3v) is 8.42. The van der Waals surface area contributed by atoms with Gasteiger partial charge in [-0.05, 0) is 47.5 Å². The average Bonchev–Trinajstić information content (AvgIpc) is 3.49. The van der Waals surface area contributed by atoms with Crippen molar-refractivity contribution >= 4 is 44.7 Å². The smallest absolute Gasteiger partial charge is 0.233 e. The molecule has 230 valence electrons. The second-order valence-corrected chi connectivity index (χ2v) is 11.5. The summed E-state index contributed by atoms with van der Waals surface area (Å²) in [5, 5.41) is 5.20. The second kappa shape index (κ2) is 13.9. The Bertz CT molecular complexity index is 1840. The Kier molecular flexibility index (Phi) is 9.30. The van der Waals surface area contributed by atoms with Crippen LogP contribution in [-0.4, -0.2) is 55.1 Å². The van der Waals surface area contributed by atoms with E-state index < -0.39 is 24.1 Å². The van der Waals surface area contributed by atoms with E-state index >= 15 is 4.39 Å². The highest BCUT2D eigenvalue weighted by Gasteiger charge is 2.17. The summed E-state index contributed by atoms with van der Waals surface area (Å²) in [5.41, 5.74) is 3.71. The zero-order valence-corrected chi connectivity index (χ0v) is 25.4. The minimum absolute atomic E-state index is 0.00290. The van der Waals surface area contributed by atoms with Crippen molar-refractivity contribution in [1.82, 2.24) is 9.88 Å². The number of methoxy groups -OCH3 is 1. The van der Waals surface area contributed by atoms with E-state index in [1.165, 1.54) is 36.1 Å². The number of nitrogens with one attached hydrogen (secondary N) is 2. The summed E-state index contributed by atoms with van der Waals surface area (Å²) >= 11 is 1.53. The number of fused-ring (bicyclic) bond motifs is 1. The monoisotopic (exact) mass is 626 g/mol. The molecule has 3 heterocycles. The molecule has 2 N–H and O–H groups in total. The number of amides is 2. The van der Waals surface area contributed by atoms with E-state index in [-0.39, 0.29) is 11.4 Å². The van der Waals surface area contributed by atoms with Gasteiger partial charge in [-0.2, -0.15) is 0 Å². The lowest BCUT2D eigenvalue weighted by atomic mass is 10.1. The van der Waals surface area contributed by atoms with Crippen LogP contribution in [0.2, 0.25) is 0 Å². The average molecular weight is 627 g/mol. The van der Waals surface area contributed by atoms with Crippen LogP contribution in [0.15, 0.2) is 85.1 Å². The summed E-state index contributed by atoms with van der Waals surface area (Å²) in [6.07, 6.45) is 1.18. The molecule has 2 aromatic heterocycles. The first-order valence-corrected chi connectivity index (χ1v) is 15.2. The van der Waals surface area contributed by atoms with E-state index in [4.69, 9.17) is 14.2 Å². The lowest BCUT2D eigenvalue weighted by Crippen LogP contribution is -2.35. The highest BCUT2D eigenvalue weighted by Crippen LogP contribution is 2.40. The van der Waals surface area contributed by atoms with Crippen molar-refractivity contribution in [1.29, 1.82) is 0 Å². The molecule has 0 spiro atoms. The van der Waals surface area contributed by atoms with Crippen LogP contribution in [0.25, 0.3) is 20.7 Å². The Labute approximate surface area is 263 Å². The Balaban J connectivity index is 1.11. The lowest BCUT2D eigenvalue weighted by molar-refractivity contribution is -0.123. The molecule has 11 heteroatoms. The quantitative estimate of drug-likeness (QED) is 0.166. The summed E-state index contributed by atoms with van der Waals surface area (Å²) in [4.78, 5) is 32.8. The summed E-state index contributed by atoms with van der Waals surface area (Å²) in [7, 11) is 1.49. The molecular weight excluding hydrogens is 595 g/mol. The predicted octanol–water partition coefficient (Wildman–Crippen LogP) is 6.70. The van der Waals surface area contributed by atoms with Gasteiger partial charge < -0.3 is 24.8 Å². The van der Waals surface area contributed by atoms with Gasteiger partial charge in [0.1, 0.15) is 17.9 Å². The summed E-state index contributed by atoms with van der Waals surface area (Å²) < 4.78 is 32.6. The van der Waals surface area contributed by atoms with Crippen molar-refractivity contribution in [3.05, 3.63) is 96.4 Å². The molecule has 0 saturated carbocycles. The van der Waals surface area contributed by atoms with Gasteiger partial charge in [0.15, 0.2) is 11.6 Å². The molecule has 1 aliphatic rings. The molecule has 1 fully saturated rings. The number of anilines is 2. The van der Waals surface area contributed by atoms with Gasteiger partial charge in [0.25, 0.3) is 0 Å². The first kappa shape index (κ1) is 30.2. The standard InChI is InChI=1S/C34H31FN4O5S/c1-42-29-8-3-2-7-26(29)38-33(41)20-32(40)37-24-9-10-28(25(35)18-24)44-30-11-12-36-27-19-31(45-34(27)30)23-6-4-5-22(17-23)21-39-13-15-43-16-14-39/h2-12,17-19H,13-16,20-21H2,1H3,(H,37,40)(H,38,41). The van der Waals surface area contributed by atoms with Gasteiger partial charge in [0.05, 0.1) is 36.2 Å². The van der Waals surface area contributed by atoms with Crippen LogP contribution in [-0.2, 0) is 20.9 Å². The number of thiophene rings is 1. The van der Waals surface area contributed by atoms with Crippen LogP contribution in [0, 0.1) is 5.82 Å². The van der Waals surface area contributed by atoms with E-state index in [0.29, 0.717) is 17.2 Å². The van der Waals surface area contributed by atoms with E-state index in [1.807, 2.05) is 6.07 Å². The molecule has 0 aliphatic carbocycles. The molecule has 0 radical (unpaired) electrons. The van der Waals surface area contributed by atoms with E-state index in [1.54, 1.807) is 36.5 Å². The molecular formula is C34H31FN4O5S. The minimum atomic E-state index is -0.663. The Morgan fingerprint density at radius 3 is 2.58 bits per heavy atom. The SMILES string of the molecule is COc1ccccc1NC(=O)CC(=O)Nc1ccc(Oc2ccnc3cc(-c4cccc(CN5CCOCC5)c4)sc23)c(F)c1. The maximum Gasteiger partial charge on any atom is 0.233 e. The molecule has 2 amide bonds. The van der Waals surface area contributed by atoms with Crippen molar-refractivity contribution in [3.63, 3.8) is 0 Å². The molecule has 9 nitrogen and oxygen atoms in total. The Morgan fingerprint density at radius 1 is 0.933 bits per heavy atom. The molecule has 1 saturated heterocycles. The lowest BCUT2D eigenvalue weighted by Gasteiger charge is -2.26. The molecule has 0 atom stereocenters. The number of carbonyl (C=O) groups excluding carboxylic acids is 2. The second-order valence-electron chi connectivity index (χ2n) is 10.4. The number of halogens is 1. The minimum Gasteiger partial charge on any atom is -0.495 e. The third-order valence-electron chi connectivity index (χ3n) is 7.23. The van der Waals surface area contributed by atoms with Crippen LogP contribution in [0.3, 0.4) is 0 Å². The van der Waals surface area contributed by atoms with Gasteiger partial charge >= 0.3 is 0 Å². The van der Waals surface area contributed by atoms with Crippen molar-refractivity contribution in [3.8, 4) is 27.7 Å². The number of hydrogen-bond acceptors (Lipinski definition) is 8. The predicted molar refractivity (Wildman–Crippen MR) is 172 cm³/mol. The number of rotatable bonds is 10. The van der Waals surface area contributed by atoms with Crippen LogP contribution in [0.1, 0.15) is 12.0 Å². The van der Waals surface area contributed by atoms with Crippen LogP contribution in [0.4, 0.5) is 15.8 Å². The largest absolute Gasteiger partial charge is 0.495 e. The zero-order valence-electron chi connectivity index (χ0n) is 24.5. The van der Waals surface area contributed by atoms with Crippen LogP contribution >= 0.6 is 11.3 Å². The summed E-state index contributed by atoms with van der Waals surface area (Å²) in [6.45, 7) is 4.22. The highest BCUT2D eigenvalue weighted by atomic mass is 32.1. The normalized spacial score (nSPS) is 13.4. The number of aromatic nitrogens is 1. The van der Waals surface area contributed by atoms with Crippen molar-refractivity contribution < 1.29 is 28.2 Å².